The molecule has 164 valence electrons. The van der Waals surface area contributed by atoms with Crippen molar-refractivity contribution < 1.29 is 8.78 Å². The number of benzene rings is 3. The molecule has 3 aromatic rings. The largest absolute Gasteiger partial charge is 0.203 e. The minimum atomic E-state index is -0.741. The second-order valence-electron chi connectivity index (χ2n) is 8.58. The van der Waals surface area contributed by atoms with Crippen molar-refractivity contribution in [1.82, 2.24) is 0 Å². The van der Waals surface area contributed by atoms with Crippen molar-refractivity contribution in [2.24, 2.45) is 0 Å². The van der Waals surface area contributed by atoms with E-state index in [9.17, 15) is 4.39 Å². The van der Waals surface area contributed by atoms with Crippen LogP contribution in [0.15, 0.2) is 54.6 Å². The third-order valence-corrected chi connectivity index (χ3v) is 6.03. The minimum absolute atomic E-state index is 0.366. The number of unbranched alkanes of at least 4 members (excludes halogenated alkanes) is 2. The van der Waals surface area contributed by atoms with Gasteiger partial charge in [-0.25, -0.2) is 8.78 Å². The zero-order valence-electron chi connectivity index (χ0n) is 19.1. The quantitative estimate of drug-likeness (QED) is 0.289. The summed E-state index contributed by atoms with van der Waals surface area (Å²) in [4.78, 5) is 0. The van der Waals surface area contributed by atoms with Crippen LogP contribution in [-0.4, -0.2) is 0 Å². The van der Waals surface area contributed by atoms with E-state index in [2.05, 4.69) is 50.2 Å². The van der Waals surface area contributed by atoms with Gasteiger partial charge in [-0.1, -0.05) is 87.7 Å². The van der Waals surface area contributed by atoms with Crippen LogP contribution >= 0.6 is 0 Å². The predicted octanol–water partition coefficient (Wildman–Crippen LogP) is 8.41. The molecule has 0 atom stereocenters. The second-order valence-corrected chi connectivity index (χ2v) is 8.58. The smallest absolute Gasteiger partial charge is 0.167 e. The van der Waals surface area contributed by atoms with Crippen molar-refractivity contribution in [3.8, 4) is 11.1 Å². The summed E-state index contributed by atoms with van der Waals surface area (Å²) in [6.45, 7) is 6.01. The summed E-state index contributed by atoms with van der Waals surface area (Å²) in [6, 6.07) is 18.5. The van der Waals surface area contributed by atoms with Gasteiger partial charge in [-0.15, -0.1) is 0 Å². The van der Waals surface area contributed by atoms with Crippen molar-refractivity contribution in [2.45, 2.75) is 72.1 Å². The molecule has 0 fully saturated rings. The Morgan fingerprint density at radius 1 is 0.613 bits per heavy atom. The lowest BCUT2D eigenvalue weighted by Crippen LogP contribution is -2.02. The van der Waals surface area contributed by atoms with E-state index in [4.69, 9.17) is 0 Å². The third-order valence-electron chi connectivity index (χ3n) is 6.03. The first kappa shape index (κ1) is 23.2. The van der Waals surface area contributed by atoms with Gasteiger partial charge in [-0.3, -0.25) is 0 Å². The molecule has 2 heteroatoms. The highest BCUT2D eigenvalue weighted by Gasteiger charge is 2.18. The van der Waals surface area contributed by atoms with Gasteiger partial charge in [0.1, 0.15) is 0 Å². The predicted molar refractivity (Wildman–Crippen MR) is 128 cm³/mol. The zero-order valence-corrected chi connectivity index (χ0v) is 19.1. The number of aryl methyl sites for hydroxylation is 5. The van der Waals surface area contributed by atoms with Gasteiger partial charge in [0.2, 0.25) is 0 Å². The van der Waals surface area contributed by atoms with E-state index < -0.39 is 11.6 Å². The van der Waals surface area contributed by atoms with Crippen LogP contribution in [0.2, 0.25) is 0 Å². The molecule has 0 bridgehead atoms. The van der Waals surface area contributed by atoms with Crippen LogP contribution < -0.4 is 0 Å². The van der Waals surface area contributed by atoms with Crippen LogP contribution in [0.1, 0.15) is 67.3 Å². The number of hydrogen-bond acceptors (Lipinski definition) is 0. The lowest BCUT2D eigenvalue weighted by molar-refractivity contribution is 0.504. The number of hydrogen-bond donors (Lipinski definition) is 0. The molecule has 31 heavy (non-hydrogen) atoms. The molecule has 0 nitrogen and oxygen atoms in total. The third kappa shape index (κ3) is 6.03. The van der Waals surface area contributed by atoms with E-state index in [0.717, 1.165) is 43.2 Å². The lowest BCUT2D eigenvalue weighted by Gasteiger charge is -2.15. The Morgan fingerprint density at radius 3 is 1.81 bits per heavy atom. The monoisotopic (exact) mass is 420 g/mol. The Balaban J connectivity index is 1.83. The zero-order chi connectivity index (χ0) is 22.2. The summed E-state index contributed by atoms with van der Waals surface area (Å²) in [5.41, 5.74) is 6.21. The van der Waals surface area contributed by atoms with Gasteiger partial charge in [-0.05, 0) is 72.4 Å². The van der Waals surface area contributed by atoms with Gasteiger partial charge in [0, 0.05) is 5.56 Å². The average Bonchev–Trinajstić information content (AvgIpc) is 2.78. The van der Waals surface area contributed by atoms with Gasteiger partial charge in [0.15, 0.2) is 11.6 Å². The maximum absolute atomic E-state index is 15.0. The summed E-state index contributed by atoms with van der Waals surface area (Å²) >= 11 is 0. The standard InChI is InChI=1S/C29H34F2/c1-4-6-7-9-23-14-17-25(18-15-23)27-26(20-21(3)28(30)29(27)31)19-16-24-12-10-22(8-5-2)11-13-24/h10-15,17-18,20H,4-9,16,19H2,1-3H3. The first-order chi connectivity index (χ1) is 15.0. The fourth-order valence-corrected chi connectivity index (χ4v) is 4.19. The molecule has 0 aliphatic rings. The first-order valence-electron chi connectivity index (χ1n) is 11.7. The van der Waals surface area contributed by atoms with Gasteiger partial charge >= 0.3 is 0 Å². The Labute approximate surface area is 186 Å². The molecule has 0 heterocycles. The molecule has 0 radical (unpaired) electrons. The van der Waals surface area contributed by atoms with E-state index in [0.29, 0.717) is 17.5 Å². The van der Waals surface area contributed by atoms with Crippen molar-refractivity contribution in [3.05, 3.63) is 94.0 Å². The number of rotatable bonds is 10. The highest BCUT2D eigenvalue weighted by molar-refractivity contribution is 5.69. The van der Waals surface area contributed by atoms with E-state index in [-0.39, 0.29) is 0 Å². The molecule has 3 rings (SSSR count). The van der Waals surface area contributed by atoms with Crippen molar-refractivity contribution in [2.75, 3.05) is 0 Å². The van der Waals surface area contributed by atoms with E-state index in [1.807, 2.05) is 18.2 Å². The average molecular weight is 421 g/mol. The Morgan fingerprint density at radius 2 is 1.19 bits per heavy atom. The molecule has 0 aliphatic heterocycles. The lowest BCUT2D eigenvalue weighted by atomic mass is 9.91. The molecule has 0 saturated carbocycles. The molecule has 0 aliphatic carbocycles. The Kier molecular flexibility index (Phi) is 8.40. The fraction of sp³-hybridized carbons (Fsp3) is 0.379. The first-order valence-corrected chi connectivity index (χ1v) is 11.7. The van der Waals surface area contributed by atoms with E-state index in [1.54, 1.807) is 6.92 Å². The maximum atomic E-state index is 15.0. The molecule has 0 unspecified atom stereocenters. The summed E-state index contributed by atoms with van der Waals surface area (Å²) in [5, 5.41) is 0. The van der Waals surface area contributed by atoms with E-state index >= 15 is 4.39 Å². The van der Waals surface area contributed by atoms with Gasteiger partial charge in [-0.2, -0.15) is 0 Å². The summed E-state index contributed by atoms with van der Waals surface area (Å²) in [7, 11) is 0. The molecule has 0 saturated heterocycles. The van der Waals surface area contributed by atoms with Crippen LogP contribution in [0.4, 0.5) is 8.78 Å². The molecule has 3 aromatic carbocycles. The Hall–Kier alpha value is -2.48. The topological polar surface area (TPSA) is 0 Å². The summed E-state index contributed by atoms with van der Waals surface area (Å²) < 4.78 is 29.5. The SMILES string of the molecule is CCCCCc1ccc(-c2c(CCc3ccc(CCC)cc3)cc(C)c(F)c2F)cc1. The van der Waals surface area contributed by atoms with Gasteiger partial charge in [0.25, 0.3) is 0 Å². The van der Waals surface area contributed by atoms with Crippen LogP contribution in [-0.2, 0) is 25.7 Å². The minimum Gasteiger partial charge on any atom is -0.203 e. The van der Waals surface area contributed by atoms with Crippen molar-refractivity contribution >= 4 is 0 Å². The molecule has 0 spiro atoms. The number of halogens is 2. The van der Waals surface area contributed by atoms with Crippen molar-refractivity contribution in [1.29, 1.82) is 0 Å². The molecular weight excluding hydrogens is 386 g/mol. The van der Waals surface area contributed by atoms with Crippen LogP contribution in [0.5, 0.6) is 0 Å². The molecule has 0 amide bonds. The van der Waals surface area contributed by atoms with Crippen LogP contribution in [0, 0.1) is 18.6 Å². The van der Waals surface area contributed by atoms with Gasteiger partial charge in [0.05, 0.1) is 0 Å². The Bertz CT molecular complexity index is 969. The highest BCUT2D eigenvalue weighted by Crippen LogP contribution is 2.32. The van der Waals surface area contributed by atoms with Crippen LogP contribution in [0.25, 0.3) is 11.1 Å². The van der Waals surface area contributed by atoms with E-state index in [1.165, 1.54) is 29.5 Å². The fourth-order valence-electron chi connectivity index (χ4n) is 4.19. The summed E-state index contributed by atoms with van der Waals surface area (Å²) in [6.07, 6.45) is 8.29. The summed E-state index contributed by atoms with van der Waals surface area (Å²) in [5.74, 6) is -1.47. The molecule has 0 N–H and O–H groups in total. The maximum Gasteiger partial charge on any atom is 0.167 e. The normalized spacial score (nSPS) is 11.1. The van der Waals surface area contributed by atoms with Crippen LogP contribution in [0.3, 0.4) is 0 Å². The second kappa shape index (κ2) is 11.2. The highest BCUT2D eigenvalue weighted by atomic mass is 19.2. The van der Waals surface area contributed by atoms with Crippen molar-refractivity contribution in [3.63, 3.8) is 0 Å². The molecule has 0 aromatic heterocycles. The molecular formula is C29H34F2. The van der Waals surface area contributed by atoms with Gasteiger partial charge < -0.3 is 0 Å².